The number of carbonyl (C=O) groups is 1. The van der Waals surface area contributed by atoms with Gasteiger partial charge in [0.25, 0.3) is 5.56 Å². The van der Waals surface area contributed by atoms with Crippen LogP contribution in [0.1, 0.15) is 42.3 Å². The highest BCUT2D eigenvalue weighted by Crippen LogP contribution is 2.46. The second-order valence-corrected chi connectivity index (χ2v) is 8.99. The Balaban J connectivity index is 1.67. The van der Waals surface area contributed by atoms with Crippen LogP contribution in [0.2, 0.25) is 0 Å². The number of para-hydroxylation sites is 2. The van der Waals surface area contributed by atoms with Gasteiger partial charge in [-0.2, -0.15) is 0 Å². The number of benzene rings is 2. The fourth-order valence-corrected chi connectivity index (χ4v) is 5.87. The van der Waals surface area contributed by atoms with Crippen LogP contribution in [-0.4, -0.2) is 34.2 Å². The Morgan fingerprint density at radius 1 is 1.12 bits per heavy atom. The first-order valence-corrected chi connectivity index (χ1v) is 11.6. The molecule has 0 fully saturated rings. The van der Waals surface area contributed by atoms with Gasteiger partial charge in [0.2, 0.25) is 0 Å². The highest BCUT2D eigenvalue weighted by Gasteiger charge is 2.54. The number of methoxy groups -OCH3 is 1. The van der Waals surface area contributed by atoms with Crippen LogP contribution in [0.25, 0.3) is 21.8 Å². The van der Waals surface area contributed by atoms with Gasteiger partial charge in [-0.1, -0.05) is 36.8 Å². The maximum atomic E-state index is 13.7. The molecule has 0 radical (unpaired) electrons. The quantitative estimate of drug-likeness (QED) is 0.465. The summed E-state index contributed by atoms with van der Waals surface area (Å²) < 4.78 is 7.22. The van der Waals surface area contributed by atoms with E-state index < -0.39 is 5.54 Å². The number of ether oxygens (including phenoxy) is 1. The van der Waals surface area contributed by atoms with Crippen LogP contribution in [0.5, 0.6) is 0 Å². The second-order valence-electron chi connectivity index (χ2n) is 8.99. The maximum absolute atomic E-state index is 13.7. The summed E-state index contributed by atoms with van der Waals surface area (Å²) in [6, 6.07) is 15.6. The van der Waals surface area contributed by atoms with E-state index >= 15 is 0 Å². The van der Waals surface area contributed by atoms with Gasteiger partial charge < -0.3 is 9.72 Å². The first-order valence-electron chi connectivity index (χ1n) is 11.6. The van der Waals surface area contributed by atoms with E-state index in [1.165, 1.54) is 7.11 Å². The molecule has 33 heavy (non-hydrogen) atoms. The highest BCUT2D eigenvalue weighted by atomic mass is 16.5. The lowest BCUT2D eigenvalue weighted by Gasteiger charge is -2.41. The average molecular weight is 443 g/mol. The minimum Gasteiger partial charge on any atom is -0.467 e. The van der Waals surface area contributed by atoms with Gasteiger partial charge in [0.15, 0.2) is 5.54 Å². The largest absolute Gasteiger partial charge is 0.467 e. The van der Waals surface area contributed by atoms with Crippen LogP contribution in [0.3, 0.4) is 0 Å². The van der Waals surface area contributed by atoms with Gasteiger partial charge in [-0.15, -0.1) is 0 Å². The monoisotopic (exact) mass is 442 g/mol. The smallest absolute Gasteiger partial charge is 0.333 e. The number of esters is 1. The lowest BCUT2D eigenvalue weighted by molar-refractivity contribution is -0.151. The number of hydrogen-bond acceptors (Lipinski definition) is 5. The van der Waals surface area contributed by atoms with Crippen molar-refractivity contribution < 1.29 is 9.53 Å². The molecule has 2 atom stereocenters. The molecule has 2 N–H and O–H groups in total. The van der Waals surface area contributed by atoms with Crippen molar-refractivity contribution in [3.63, 3.8) is 0 Å². The Bertz CT molecular complexity index is 1450. The zero-order valence-electron chi connectivity index (χ0n) is 18.6. The number of H-pyrrole nitrogens is 1. The standard InChI is InChI=1S/C26H26N4O3/c1-33-25(32)26(22-17(13-14-27-26)16-8-2-4-11-20(16)28-22)19-10-6-7-15-30-23(19)29-21-12-5-3-9-18(21)24(30)31/h2-5,8-9,11-12,19,27-28H,6-7,10,13-15H2,1H3/t19-,26+/m0/s1. The number of fused-ring (bicyclic) bond motifs is 5. The van der Waals surface area contributed by atoms with Gasteiger partial charge in [0.1, 0.15) is 5.82 Å². The highest BCUT2D eigenvalue weighted by molar-refractivity contribution is 5.91. The summed E-state index contributed by atoms with van der Waals surface area (Å²) in [4.78, 5) is 35.7. The molecule has 2 aromatic carbocycles. The third kappa shape index (κ3) is 2.82. The fourth-order valence-electron chi connectivity index (χ4n) is 5.87. The van der Waals surface area contributed by atoms with E-state index in [1.807, 2.05) is 42.5 Å². The number of aromatic nitrogens is 3. The minimum absolute atomic E-state index is 0.0461. The van der Waals surface area contributed by atoms with E-state index in [9.17, 15) is 9.59 Å². The third-order valence-corrected chi connectivity index (χ3v) is 7.34. The van der Waals surface area contributed by atoms with Crippen LogP contribution in [0, 0.1) is 0 Å². The van der Waals surface area contributed by atoms with E-state index in [1.54, 1.807) is 4.57 Å². The Hall–Kier alpha value is -3.45. The molecule has 0 unspecified atom stereocenters. The summed E-state index contributed by atoms with van der Waals surface area (Å²) in [6.45, 7) is 1.23. The number of carbonyl (C=O) groups excluding carboxylic acids is 1. The first-order chi connectivity index (χ1) is 16.1. The molecule has 0 aliphatic carbocycles. The van der Waals surface area contributed by atoms with E-state index in [0.717, 1.165) is 47.8 Å². The van der Waals surface area contributed by atoms with E-state index in [0.29, 0.717) is 29.8 Å². The van der Waals surface area contributed by atoms with Gasteiger partial charge in [-0.05, 0) is 43.0 Å². The number of hydrogen-bond donors (Lipinski definition) is 2. The lowest BCUT2D eigenvalue weighted by Crippen LogP contribution is -2.58. The van der Waals surface area contributed by atoms with Crippen molar-refractivity contribution in [2.24, 2.45) is 0 Å². The van der Waals surface area contributed by atoms with Crippen molar-refractivity contribution in [3.05, 3.63) is 76.0 Å². The van der Waals surface area contributed by atoms with E-state index in [2.05, 4.69) is 16.4 Å². The SMILES string of the molecule is COC(=O)[C@]1([C@H]2CCCCn3c2nc2ccccc2c3=O)NCCc2c1[nH]c1ccccc21. The van der Waals surface area contributed by atoms with Gasteiger partial charge in [-0.3, -0.25) is 14.7 Å². The molecule has 0 saturated carbocycles. The molecule has 2 aliphatic rings. The summed E-state index contributed by atoms with van der Waals surface area (Å²) in [5, 5.41) is 5.28. The second kappa shape index (κ2) is 7.56. The van der Waals surface area contributed by atoms with Crippen LogP contribution in [-0.2, 0) is 28.0 Å². The van der Waals surface area contributed by atoms with Gasteiger partial charge >= 0.3 is 5.97 Å². The van der Waals surface area contributed by atoms with Crippen LogP contribution < -0.4 is 10.9 Å². The van der Waals surface area contributed by atoms with Crippen molar-refractivity contribution in [1.29, 1.82) is 0 Å². The van der Waals surface area contributed by atoms with Crippen LogP contribution >= 0.6 is 0 Å². The Morgan fingerprint density at radius 3 is 2.76 bits per heavy atom. The molecule has 168 valence electrons. The molecule has 0 spiro atoms. The average Bonchev–Trinajstić information content (AvgIpc) is 3.10. The summed E-state index contributed by atoms with van der Waals surface area (Å²) >= 11 is 0. The van der Waals surface area contributed by atoms with Crippen LogP contribution in [0.15, 0.2) is 53.3 Å². The summed E-state index contributed by atoms with van der Waals surface area (Å²) in [6.07, 6.45) is 3.28. The molecular weight excluding hydrogens is 416 g/mol. The Morgan fingerprint density at radius 2 is 1.91 bits per heavy atom. The first kappa shape index (κ1) is 20.2. The molecule has 0 saturated heterocycles. The van der Waals surface area contributed by atoms with Crippen molar-refractivity contribution in [3.8, 4) is 0 Å². The molecular formula is C26H26N4O3. The Kier molecular flexibility index (Phi) is 4.62. The fraction of sp³-hybridized carbons (Fsp3) is 0.346. The molecule has 2 aromatic heterocycles. The number of aromatic amines is 1. The van der Waals surface area contributed by atoms with Crippen molar-refractivity contribution in [2.75, 3.05) is 13.7 Å². The molecule has 6 rings (SSSR count). The molecule has 0 bridgehead atoms. The van der Waals surface area contributed by atoms with E-state index in [-0.39, 0.29) is 17.4 Å². The summed E-state index contributed by atoms with van der Waals surface area (Å²) in [7, 11) is 1.43. The zero-order valence-corrected chi connectivity index (χ0v) is 18.6. The minimum atomic E-state index is -1.14. The van der Waals surface area contributed by atoms with Gasteiger partial charge in [0.05, 0.1) is 29.6 Å². The Labute approximate surface area is 190 Å². The normalized spacial score (nSPS) is 22.5. The molecule has 4 heterocycles. The van der Waals surface area contributed by atoms with Crippen molar-refractivity contribution in [1.82, 2.24) is 19.9 Å². The zero-order chi connectivity index (χ0) is 22.6. The number of nitrogens with zero attached hydrogens (tertiary/aromatic N) is 2. The van der Waals surface area contributed by atoms with Gasteiger partial charge in [0, 0.05) is 24.0 Å². The molecule has 2 aliphatic heterocycles. The predicted octanol–water partition coefficient (Wildman–Crippen LogP) is 3.36. The topological polar surface area (TPSA) is 89.0 Å². The third-order valence-electron chi connectivity index (χ3n) is 7.34. The summed E-state index contributed by atoms with van der Waals surface area (Å²) in [5.74, 6) is -0.0478. The maximum Gasteiger partial charge on any atom is 0.333 e. The molecule has 7 heteroatoms. The summed E-state index contributed by atoms with van der Waals surface area (Å²) in [5.41, 5.74) is 2.44. The number of nitrogens with one attached hydrogen (secondary N) is 2. The molecule has 4 aromatic rings. The van der Waals surface area contributed by atoms with Crippen molar-refractivity contribution >= 4 is 27.8 Å². The van der Waals surface area contributed by atoms with Crippen LogP contribution in [0.4, 0.5) is 0 Å². The van der Waals surface area contributed by atoms with E-state index in [4.69, 9.17) is 9.72 Å². The van der Waals surface area contributed by atoms with Crippen molar-refractivity contribution in [2.45, 2.75) is 43.7 Å². The predicted molar refractivity (Wildman–Crippen MR) is 126 cm³/mol. The molecule has 7 nitrogen and oxygen atoms in total. The lowest BCUT2D eigenvalue weighted by atomic mass is 9.74. The number of rotatable bonds is 2. The van der Waals surface area contributed by atoms with Gasteiger partial charge in [-0.25, -0.2) is 9.78 Å². The molecule has 0 amide bonds.